The molecule has 1 N–H and O–H groups in total. The Hall–Kier alpha value is -2.79. The van der Waals surface area contributed by atoms with Crippen molar-refractivity contribution in [2.24, 2.45) is 0 Å². The molecule has 2 saturated heterocycles. The maximum Gasteiger partial charge on any atom is 0.261 e. The molecule has 0 saturated carbocycles. The maximum absolute atomic E-state index is 13.7. The number of ether oxygens (including phenoxy) is 3. The predicted molar refractivity (Wildman–Crippen MR) is 148 cm³/mol. The number of anilines is 1. The van der Waals surface area contributed by atoms with Crippen LogP contribution >= 0.6 is 0 Å². The standard InChI is InChI=1S/C28H36N4O5S/c1-18-13-22(38(4,29)34)14-19(2)23(18)7-9-32-27(26-8-11-37-26)30-25-15-20(5-6-24(25)28(32)33)31-10-12-36-21(16-31)17-35-3/h5-6,13-15,21,26,29H,7-12,16-17H2,1-4H3/t21-,26+,38-/m1/s1. The van der Waals surface area contributed by atoms with Crippen LogP contribution in [0.3, 0.4) is 0 Å². The largest absolute Gasteiger partial charge is 0.382 e. The van der Waals surface area contributed by atoms with Gasteiger partial charge in [0.05, 0.1) is 46.6 Å². The summed E-state index contributed by atoms with van der Waals surface area (Å²) in [6.45, 7) is 7.72. The number of aryl methyl sites for hydroxylation is 2. The van der Waals surface area contributed by atoms with E-state index in [0.29, 0.717) is 54.4 Å². The molecule has 5 rings (SSSR count). The molecule has 38 heavy (non-hydrogen) atoms. The second-order valence-electron chi connectivity index (χ2n) is 10.3. The van der Waals surface area contributed by atoms with Crippen LogP contribution in [0.2, 0.25) is 0 Å². The Balaban J connectivity index is 1.48. The number of morpholine rings is 1. The first-order valence-electron chi connectivity index (χ1n) is 13.0. The molecule has 0 bridgehead atoms. The molecule has 3 atom stereocenters. The molecule has 2 aromatic carbocycles. The van der Waals surface area contributed by atoms with Crippen LogP contribution in [-0.2, 0) is 36.9 Å². The zero-order valence-electron chi connectivity index (χ0n) is 22.5. The number of hydrogen-bond acceptors (Lipinski definition) is 8. The average molecular weight is 541 g/mol. The first-order chi connectivity index (χ1) is 18.2. The first kappa shape index (κ1) is 26.8. The Kier molecular flexibility index (Phi) is 7.59. The van der Waals surface area contributed by atoms with Crippen LogP contribution in [0, 0.1) is 18.6 Å². The van der Waals surface area contributed by atoms with Gasteiger partial charge in [-0.15, -0.1) is 0 Å². The van der Waals surface area contributed by atoms with Crippen molar-refractivity contribution < 1.29 is 18.4 Å². The van der Waals surface area contributed by atoms with E-state index < -0.39 is 9.73 Å². The quantitative estimate of drug-likeness (QED) is 0.465. The van der Waals surface area contributed by atoms with Gasteiger partial charge in [-0.05, 0) is 67.3 Å². The molecule has 3 aromatic rings. The van der Waals surface area contributed by atoms with Gasteiger partial charge < -0.3 is 19.1 Å². The summed E-state index contributed by atoms with van der Waals surface area (Å²) in [6.07, 6.45) is 2.72. The van der Waals surface area contributed by atoms with Gasteiger partial charge >= 0.3 is 0 Å². The Morgan fingerprint density at radius 2 is 1.89 bits per heavy atom. The van der Waals surface area contributed by atoms with Crippen molar-refractivity contribution in [3.8, 4) is 0 Å². The molecule has 9 nitrogen and oxygen atoms in total. The number of aromatic nitrogens is 2. The van der Waals surface area contributed by atoms with Gasteiger partial charge in [0.1, 0.15) is 11.9 Å². The zero-order chi connectivity index (χ0) is 27.0. The fourth-order valence-electron chi connectivity index (χ4n) is 5.36. The fraction of sp³-hybridized carbons (Fsp3) is 0.500. The topological polar surface area (TPSA) is 107 Å². The number of nitrogens with zero attached hydrogens (tertiary/aromatic N) is 3. The van der Waals surface area contributed by atoms with Gasteiger partial charge in [0, 0.05) is 50.0 Å². The molecule has 0 radical (unpaired) electrons. The molecular weight excluding hydrogens is 504 g/mol. The lowest BCUT2D eigenvalue weighted by molar-refractivity contribution is -0.0604. The maximum atomic E-state index is 13.7. The van der Waals surface area contributed by atoms with Crippen LogP contribution in [0.25, 0.3) is 10.9 Å². The van der Waals surface area contributed by atoms with Crippen molar-refractivity contribution in [2.75, 3.05) is 51.2 Å². The SMILES string of the molecule is COC[C@H]1CN(c2ccc3c(=O)n(CCc4c(C)cc([S@](C)(=N)=O)cc4C)c([C@@H]4CCO4)nc3c2)CCO1. The molecule has 2 aliphatic heterocycles. The van der Waals surface area contributed by atoms with E-state index in [1.165, 1.54) is 6.26 Å². The van der Waals surface area contributed by atoms with Crippen molar-refractivity contribution >= 4 is 26.3 Å². The van der Waals surface area contributed by atoms with Crippen molar-refractivity contribution in [3.63, 3.8) is 0 Å². The lowest BCUT2D eigenvalue weighted by Crippen LogP contribution is -2.44. The van der Waals surface area contributed by atoms with E-state index in [1.54, 1.807) is 11.7 Å². The highest BCUT2D eigenvalue weighted by atomic mass is 32.2. The minimum Gasteiger partial charge on any atom is -0.382 e. The lowest BCUT2D eigenvalue weighted by atomic mass is 10.00. The molecule has 2 aliphatic rings. The average Bonchev–Trinajstić information content (AvgIpc) is 2.83. The fourth-order valence-corrected chi connectivity index (χ4v) is 6.16. The highest BCUT2D eigenvalue weighted by Crippen LogP contribution is 2.30. The van der Waals surface area contributed by atoms with Crippen LogP contribution in [0.5, 0.6) is 0 Å². The van der Waals surface area contributed by atoms with Crippen LogP contribution in [0.1, 0.15) is 35.0 Å². The van der Waals surface area contributed by atoms with Crippen molar-refractivity contribution in [1.29, 1.82) is 4.78 Å². The molecule has 3 heterocycles. The van der Waals surface area contributed by atoms with E-state index in [-0.39, 0.29) is 17.8 Å². The zero-order valence-corrected chi connectivity index (χ0v) is 23.3. The van der Waals surface area contributed by atoms with E-state index >= 15 is 0 Å². The van der Waals surface area contributed by atoms with Crippen LogP contribution < -0.4 is 10.5 Å². The van der Waals surface area contributed by atoms with Gasteiger partial charge in [-0.3, -0.25) is 9.36 Å². The summed E-state index contributed by atoms with van der Waals surface area (Å²) in [6, 6.07) is 9.52. The monoisotopic (exact) mass is 540 g/mol. The minimum absolute atomic E-state index is 0.00947. The van der Waals surface area contributed by atoms with E-state index in [9.17, 15) is 9.00 Å². The molecule has 204 valence electrons. The first-order valence-corrected chi connectivity index (χ1v) is 15.0. The van der Waals surface area contributed by atoms with Gasteiger partial charge in [0.15, 0.2) is 0 Å². The normalized spacial score (nSPS) is 21.3. The molecular formula is C28H36N4O5S. The van der Waals surface area contributed by atoms with E-state index in [1.807, 2.05) is 44.2 Å². The Morgan fingerprint density at radius 1 is 1.16 bits per heavy atom. The Morgan fingerprint density at radius 3 is 2.53 bits per heavy atom. The summed E-state index contributed by atoms with van der Waals surface area (Å²) in [4.78, 5) is 21.5. The van der Waals surface area contributed by atoms with Gasteiger partial charge in [-0.25, -0.2) is 14.0 Å². The third kappa shape index (κ3) is 5.36. The van der Waals surface area contributed by atoms with E-state index in [4.69, 9.17) is 24.0 Å². The van der Waals surface area contributed by atoms with Crippen LogP contribution in [0.4, 0.5) is 5.69 Å². The summed E-state index contributed by atoms with van der Waals surface area (Å²) in [5, 5.41) is 0.585. The number of rotatable bonds is 8. The summed E-state index contributed by atoms with van der Waals surface area (Å²) < 4.78 is 38.8. The highest BCUT2D eigenvalue weighted by molar-refractivity contribution is 7.91. The highest BCUT2D eigenvalue weighted by Gasteiger charge is 2.27. The van der Waals surface area contributed by atoms with E-state index in [2.05, 4.69) is 4.90 Å². The molecule has 0 spiro atoms. The molecule has 2 fully saturated rings. The number of hydrogen-bond donors (Lipinski definition) is 1. The summed E-state index contributed by atoms with van der Waals surface area (Å²) in [7, 11) is -1.12. The molecule has 0 amide bonds. The van der Waals surface area contributed by atoms with Crippen molar-refractivity contribution in [1.82, 2.24) is 9.55 Å². The summed E-state index contributed by atoms with van der Waals surface area (Å²) in [5.74, 6) is 0.666. The number of nitrogens with one attached hydrogen (secondary N) is 1. The smallest absolute Gasteiger partial charge is 0.261 e. The van der Waals surface area contributed by atoms with Crippen molar-refractivity contribution in [2.45, 2.75) is 50.3 Å². The minimum atomic E-state index is -2.79. The van der Waals surface area contributed by atoms with E-state index in [0.717, 1.165) is 41.9 Å². The third-order valence-electron chi connectivity index (χ3n) is 7.52. The Labute approximate surface area is 223 Å². The second kappa shape index (κ2) is 10.8. The van der Waals surface area contributed by atoms with Gasteiger partial charge in [0.25, 0.3) is 5.56 Å². The van der Waals surface area contributed by atoms with Crippen LogP contribution in [0.15, 0.2) is 40.0 Å². The molecule has 10 heteroatoms. The molecule has 1 aromatic heterocycles. The Bertz CT molecular complexity index is 1490. The number of fused-ring (bicyclic) bond motifs is 1. The summed E-state index contributed by atoms with van der Waals surface area (Å²) >= 11 is 0. The number of methoxy groups -OCH3 is 1. The van der Waals surface area contributed by atoms with Gasteiger partial charge in [-0.1, -0.05) is 0 Å². The molecule has 0 aliphatic carbocycles. The molecule has 0 unspecified atom stereocenters. The van der Waals surface area contributed by atoms with Crippen molar-refractivity contribution in [3.05, 3.63) is 63.2 Å². The number of benzene rings is 2. The third-order valence-corrected chi connectivity index (χ3v) is 8.65. The predicted octanol–water partition coefficient (Wildman–Crippen LogP) is 3.60. The second-order valence-corrected chi connectivity index (χ2v) is 12.5. The summed E-state index contributed by atoms with van der Waals surface area (Å²) in [5.41, 5.74) is 4.67. The van der Waals surface area contributed by atoms with Gasteiger partial charge in [0.2, 0.25) is 0 Å². The van der Waals surface area contributed by atoms with Crippen LogP contribution in [-0.4, -0.2) is 66.1 Å². The van der Waals surface area contributed by atoms with Gasteiger partial charge in [-0.2, -0.15) is 0 Å². The lowest BCUT2D eigenvalue weighted by Gasteiger charge is -2.34.